The highest BCUT2D eigenvalue weighted by Gasteiger charge is 2.36. The van der Waals surface area contributed by atoms with E-state index in [0.717, 1.165) is 12.0 Å². The fraction of sp³-hybridized carbons (Fsp3) is 0.250. The van der Waals surface area contributed by atoms with E-state index < -0.39 is 16.1 Å². The van der Waals surface area contributed by atoms with Gasteiger partial charge >= 0.3 is 0 Å². The molecular weight excluding hydrogens is 384 g/mol. The maximum Gasteiger partial charge on any atom is 0.244 e. The van der Waals surface area contributed by atoms with Crippen LogP contribution in [0.15, 0.2) is 65.6 Å². The molecule has 1 aliphatic heterocycles. The van der Waals surface area contributed by atoms with E-state index in [4.69, 9.17) is 11.6 Å². The van der Waals surface area contributed by atoms with Crippen LogP contribution in [0.3, 0.4) is 0 Å². The maximum absolute atomic E-state index is 13.2. The third kappa shape index (κ3) is 4.77. The highest BCUT2D eigenvalue weighted by Crippen LogP contribution is 2.23. The van der Waals surface area contributed by atoms with Crippen LogP contribution in [0, 0.1) is 0 Å². The second-order valence-corrected chi connectivity index (χ2v) is 8.62. The standard InChI is InChI=1S/C20H21ClN2O3S/c21-17-10-12-18(13-11-17)27(25,26)23(19-9-4-14-22-20(19)24)15-5-8-16-6-2-1-3-7-16/h1-3,5-8,10-13,19H,4,9,14-15H2,(H,22,24)/t19-/m1/s1. The van der Waals surface area contributed by atoms with Gasteiger partial charge in [-0.05, 0) is 42.7 Å². The summed E-state index contributed by atoms with van der Waals surface area (Å²) in [6.45, 7) is 0.683. The average molecular weight is 405 g/mol. The molecule has 0 bridgehead atoms. The number of rotatable bonds is 6. The first-order valence-electron chi connectivity index (χ1n) is 8.75. The van der Waals surface area contributed by atoms with Crippen LogP contribution in [0.4, 0.5) is 0 Å². The van der Waals surface area contributed by atoms with Gasteiger partial charge in [-0.15, -0.1) is 0 Å². The molecule has 0 unspecified atom stereocenters. The summed E-state index contributed by atoms with van der Waals surface area (Å²) in [5.74, 6) is -0.258. The van der Waals surface area contributed by atoms with Gasteiger partial charge in [0, 0.05) is 18.1 Å². The van der Waals surface area contributed by atoms with E-state index in [1.165, 1.54) is 28.6 Å². The molecule has 1 heterocycles. The molecule has 1 aliphatic rings. The minimum absolute atomic E-state index is 0.109. The topological polar surface area (TPSA) is 66.5 Å². The molecule has 0 saturated carbocycles. The summed E-state index contributed by atoms with van der Waals surface area (Å²) in [6.07, 6.45) is 4.86. The molecule has 2 aromatic carbocycles. The van der Waals surface area contributed by atoms with Gasteiger partial charge in [0.15, 0.2) is 0 Å². The summed E-state index contributed by atoms with van der Waals surface area (Å²) >= 11 is 5.88. The van der Waals surface area contributed by atoms with Crippen molar-refractivity contribution in [1.29, 1.82) is 0 Å². The molecule has 1 N–H and O–H groups in total. The number of piperidine rings is 1. The van der Waals surface area contributed by atoms with Crippen LogP contribution in [-0.2, 0) is 14.8 Å². The zero-order chi connectivity index (χ0) is 19.3. The molecule has 1 saturated heterocycles. The molecule has 0 radical (unpaired) electrons. The lowest BCUT2D eigenvalue weighted by atomic mass is 10.1. The molecule has 3 rings (SSSR count). The van der Waals surface area contributed by atoms with Crippen LogP contribution < -0.4 is 5.32 Å². The summed E-state index contributed by atoms with van der Waals surface area (Å²) in [4.78, 5) is 12.5. The van der Waals surface area contributed by atoms with Crippen LogP contribution >= 0.6 is 11.6 Å². The Balaban J connectivity index is 1.90. The molecule has 27 heavy (non-hydrogen) atoms. The number of nitrogens with one attached hydrogen (secondary N) is 1. The Bertz CT molecular complexity index is 912. The number of sulfonamides is 1. The Labute approximate surface area is 164 Å². The van der Waals surface area contributed by atoms with E-state index in [1.54, 1.807) is 6.08 Å². The van der Waals surface area contributed by atoms with E-state index in [0.29, 0.717) is 18.0 Å². The van der Waals surface area contributed by atoms with E-state index in [9.17, 15) is 13.2 Å². The van der Waals surface area contributed by atoms with Gasteiger partial charge in [0.2, 0.25) is 15.9 Å². The van der Waals surface area contributed by atoms with Crippen LogP contribution in [0.2, 0.25) is 5.02 Å². The third-order valence-electron chi connectivity index (χ3n) is 4.42. The SMILES string of the molecule is O=C1NCCC[C@H]1N(CC=Cc1ccccc1)S(=O)(=O)c1ccc(Cl)cc1. The number of nitrogens with zero attached hydrogens (tertiary/aromatic N) is 1. The molecule has 0 spiro atoms. The van der Waals surface area contributed by atoms with E-state index in [1.807, 2.05) is 36.4 Å². The van der Waals surface area contributed by atoms with E-state index in [2.05, 4.69) is 5.32 Å². The zero-order valence-electron chi connectivity index (χ0n) is 14.7. The third-order valence-corrected chi connectivity index (χ3v) is 6.56. The molecule has 2 aromatic rings. The minimum atomic E-state index is -3.84. The van der Waals surface area contributed by atoms with Gasteiger partial charge in [0.05, 0.1) is 4.90 Å². The van der Waals surface area contributed by atoms with Gasteiger partial charge in [-0.3, -0.25) is 4.79 Å². The monoisotopic (exact) mass is 404 g/mol. The van der Waals surface area contributed by atoms with Gasteiger partial charge < -0.3 is 5.32 Å². The molecule has 0 aliphatic carbocycles. The Morgan fingerprint density at radius 2 is 1.81 bits per heavy atom. The first-order valence-corrected chi connectivity index (χ1v) is 10.6. The number of hydrogen-bond acceptors (Lipinski definition) is 3. The highest BCUT2D eigenvalue weighted by molar-refractivity contribution is 7.89. The van der Waals surface area contributed by atoms with Crippen LogP contribution in [0.25, 0.3) is 6.08 Å². The zero-order valence-corrected chi connectivity index (χ0v) is 16.3. The van der Waals surface area contributed by atoms with Crippen molar-refractivity contribution in [3.8, 4) is 0 Å². The van der Waals surface area contributed by atoms with Crippen molar-refractivity contribution in [2.75, 3.05) is 13.1 Å². The van der Waals surface area contributed by atoms with Crippen molar-refractivity contribution >= 4 is 33.6 Å². The second-order valence-electron chi connectivity index (χ2n) is 6.29. The summed E-state index contributed by atoms with van der Waals surface area (Å²) in [7, 11) is -3.84. The Kier molecular flexibility index (Phi) is 6.31. The number of hydrogen-bond donors (Lipinski definition) is 1. The van der Waals surface area contributed by atoms with Crippen molar-refractivity contribution in [1.82, 2.24) is 9.62 Å². The second kappa shape index (κ2) is 8.69. The number of halogens is 1. The fourth-order valence-corrected chi connectivity index (χ4v) is 4.72. The van der Waals surface area contributed by atoms with Crippen molar-refractivity contribution in [3.63, 3.8) is 0 Å². The molecule has 0 aromatic heterocycles. The molecule has 1 atom stereocenters. The van der Waals surface area contributed by atoms with Gasteiger partial charge in [-0.25, -0.2) is 8.42 Å². The molecule has 7 heteroatoms. The summed E-state index contributed by atoms with van der Waals surface area (Å²) in [5.41, 5.74) is 0.967. The largest absolute Gasteiger partial charge is 0.355 e. The van der Waals surface area contributed by atoms with E-state index in [-0.39, 0.29) is 17.3 Å². The lowest BCUT2D eigenvalue weighted by Crippen LogP contribution is -2.52. The maximum atomic E-state index is 13.2. The van der Waals surface area contributed by atoms with Crippen molar-refractivity contribution < 1.29 is 13.2 Å². The number of carbonyl (C=O) groups is 1. The predicted molar refractivity (Wildman–Crippen MR) is 107 cm³/mol. The van der Waals surface area contributed by atoms with Crippen molar-refractivity contribution in [2.24, 2.45) is 0 Å². The Morgan fingerprint density at radius 1 is 1.11 bits per heavy atom. The van der Waals surface area contributed by atoms with Gasteiger partial charge in [-0.1, -0.05) is 54.1 Å². The van der Waals surface area contributed by atoms with Gasteiger partial charge in [0.25, 0.3) is 0 Å². The number of amides is 1. The van der Waals surface area contributed by atoms with Gasteiger partial charge in [0.1, 0.15) is 6.04 Å². The Morgan fingerprint density at radius 3 is 2.48 bits per heavy atom. The number of benzene rings is 2. The van der Waals surface area contributed by atoms with E-state index >= 15 is 0 Å². The molecular formula is C20H21ClN2O3S. The summed E-state index contributed by atoms with van der Waals surface area (Å²) < 4.78 is 27.7. The molecule has 1 amide bonds. The lowest BCUT2D eigenvalue weighted by molar-refractivity contribution is -0.126. The fourth-order valence-electron chi connectivity index (χ4n) is 3.02. The predicted octanol–water partition coefficient (Wildman–Crippen LogP) is 3.32. The van der Waals surface area contributed by atoms with Crippen LogP contribution in [0.1, 0.15) is 18.4 Å². The summed E-state index contributed by atoms with van der Waals surface area (Å²) in [5, 5.41) is 3.22. The molecule has 1 fully saturated rings. The molecule has 5 nitrogen and oxygen atoms in total. The molecule has 142 valence electrons. The normalized spacial score (nSPS) is 18.0. The minimum Gasteiger partial charge on any atom is -0.355 e. The number of carbonyl (C=O) groups excluding carboxylic acids is 1. The first-order chi connectivity index (χ1) is 13.0. The average Bonchev–Trinajstić information content (AvgIpc) is 2.67. The summed E-state index contributed by atoms with van der Waals surface area (Å²) in [6, 6.07) is 14.9. The highest BCUT2D eigenvalue weighted by atomic mass is 35.5. The Hall–Kier alpha value is -2.15. The van der Waals surface area contributed by atoms with Crippen molar-refractivity contribution in [2.45, 2.75) is 23.8 Å². The van der Waals surface area contributed by atoms with Crippen LogP contribution in [0.5, 0.6) is 0 Å². The quantitative estimate of drug-likeness (QED) is 0.803. The van der Waals surface area contributed by atoms with Crippen molar-refractivity contribution in [3.05, 3.63) is 71.3 Å². The lowest BCUT2D eigenvalue weighted by Gasteiger charge is -2.32. The van der Waals surface area contributed by atoms with Crippen LogP contribution in [-0.4, -0.2) is 37.8 Å². The first kappa shape index (κ1) is 19.6. The van der Waals surface area contributed by atoms with Gasteiger partial charge in [-0.2, -0.15) is 4.31 Å². The smallest absolute Gasteiger partial charge is 0.244 e.